The molecule has 5 heteroatoms. The molecule has 0 aliphatic carbocycles. The number of aromatic nitrogens is 1. The normalized spacial score (nSPS) is 10.7. The first-order chi connectivity index (χ1) is 13.2. The van der Waals surface area contributed by atoms with Gasteiger partial charge in [-0.25, -0.2) is 15.8 Å². The van der Waals surface area contributed by atoms with Gasteiger partial charge in [0.2, 0.25) is 0 Å². The Morgan fingerprint density at radius 1 is 0.815 bits per heavy atom. The zero-order chi connectivity index (χ0) is 18.8. The van der Waals surface area contributed by atoms with Gasteiger partial charge in [0.1, 0.15) is 0 Å². The molecule has 0 saturated carbocycles. The quantitative estimate of drug-likeness (QED) is 0.331. The SMILES string of the molecule is Nc1c(-c2ccccc2)nc2ccccc2c1C(=O)N(N)c1ccccc1. The number of pyridine rings is 1. The van der Waals surface area contributed by atoms with Crippen LogP contribution in [0.3, 0.4) is 0 Å². The lowest BCUT2D eigenvalue weighted by molar-refractivity contribution is 0.0989. The maximum Gasteiger partial charge on any atom is 0.275 e. The average Bonchev–Trinajstić information content (AvgIpc) is 2.73. The van der Waals surface area contributed by atoms with Gasteiger partial charge in [-0.1, -0.05) is 66.7 Å². The second-order valence-corrected chi connectivity index (χ2v) is 6.14. The molecule has 0 spiro atoms. The first-order valence-electron chi connectivity index (χ1n) is 8.54. The van der Waals surface area contributed by atoms with E-state index in [2.05, 4.69) is 4.98 Å². The lowest BCUT2D eigenvalue weighted by Crippen LogP contribution is -2.38. The van der Waals surface area contributed by atoms with Crippen LogP contribution in [0.1, 0.15) is 10.4 Å². The van der Waals surface area contributed by atoms with Gasteiger partial charge in [0, 0.05) is 10.9 Å². The summed E-state index contributed by atoms with van der Waals surface area (Å²) in [6.07, 6.45) is 0. The molecule has 1 aromatic heterocycles. The van der Waals surface area contributed by atoms with Crippen molar-refractivity contribution in [2.24, 2.45) is 5.84 Å². The molecule has 27 heavy (non-hydrogen) atoms. The number of hydrogen-bond donors (Lipinski definition) is 2. The van der Waals surface area contributed by atoms with Crippen molar-refractivity contribution < 1.29 is 4.79 Å². The second kappa shape index (κ2) is 6.90. The fraction of sp³-hybridized carbons (Fsp3) is 0. The summed E-state index contributed by atoms with van der Waals surface area (Å²) in [6.45, 7) is 0. The summed E-state index contributed by atoms with van der Waals surface area (Å²) < 4.78 is 0. The number of nitrogens with zero attached hydrogens (tertiary/aromatic N) is 2. The largest absolute Gasteiger partial charge is 0.396 e. The van der Waals surface area contributed by atoms with Crippen molar-refractivity contribution in [1.29, 1.82) is 0 Å². The molecule has 0 aliphatic rings. The topological polar surface area (TPSA) is 85.2 Å². The van der Waals surface area contributed by atoms with Crippen LogP contribution in [0.15, 0.2) is 84.9 Å². The fourth-order valence-electron chi connectivity index (χ4n) is 3.10. The van der Waals surface area contributed by atoms with Crippen molar-refractivity contribution in [1.82, 2.24) is 4.98 Å². The van der Waals surface area contributed by atoms with E-state index in [1.54, 1.807) is 12.1 Å². The number of carbonyl (C=O) groups excluding carboxylic acids is 1. The number of nitrogens with two attached hydrogens (primary N) is 2. The van der Waals surface area contributed by atoms with Crippen molar-refractivity contribution in [3.8, 4) is 11.3 Å². The van der Waals surface area contributed by atoms with E-state index >= 15 is 0 Å². The van der Waals surface area contributed by atoms with E-state index in [1.807, 2.05) is 72.8 Å². The number of hydrogen-bond acceptors (Lipinski definition) is 4. The predicted octanol–water partition coefficient (Wildman–Crippen LogP) is 4.00. The van der Waals surface area contributed by atoms with Gasteiger partial charge in [0.25, 0.3) is 5.91 Å². The monoisotopic (exact) mass is 354 g/mol. The molecule has 5 nitrogen and oxygen atoms in total. The van der Waals surface area contributed by atoms with Gasteiger partial charge in [-0.05, 0) is 18.2 Å². The van der Waals surface area contributed by atoms with Gasteiger partial charge in [-0.15, -0.1) is 0 Å². The van der Waals surface area contributed by atoms with Crippen molar-refractivity contribution in [3.63, 3.8) is 0 Å². The molecule has 1 heterocycles. The highest BCUT2D eigenvalue weighted by molar-refractivity contribution is 6.18. The van der Waals surface area contributed by atoms with Crippen LogP contribution in [0.25, 0.3) is 22.2 Å². The zero-order valence-corrected chi connectivity index (χ0v) is 14.5. The summed E-state index contributed by atoms with van der Waals surface area (Å²) in [6, 6.07) is 26.1. The Labute approximate surface area is 156 Å². The number of para-hydroxylation sites is 2. The highest BCUT2D eigenvalue weighted by Gasteiger charge is 2.23. The minimum atomic E-state index is -0.380. The zero-order valence-electron chi connectivity index (χ0n) is 14.5. The lowest BCUT2D eigenvalue weighted by Gasteiger charge is -2.20. The highest BCUT2D eigenvalue weighted by Crippen LogP contribution is 2.33. The van der Waals surface area contributed by atoms with Gasteiger partial charge < -0.3 is 5.73 Å². The maximum absolute atomic E-state index is 13.3. The predicted molar refractivity (Wildman–Crippen MR) is 109 cm³/mol. The highest BCUT2D eigenvalue weighted by atomic mass is 16.2. The van der Waals surface area contributed by atoms with E-state index in [0.29, 0.717) is 33.5 Å². The Morgan fingerprint density at radius 2 is 1.41 bits per heavy atom. The van der Waals surface area contributed by atoms with Crippen LogP contribution in [0.5, 0.6) is 0 Å². The summed E-state index contributed by atoms with van der Waals surface area (Å²) >= 11 is 0. The number of carbonyl (C=O) groups is 1. The summed E-state index contributed by atoms with van der Waals surface area (Å²) in [5.74, 6) is 5.75. The lowest BCUT2D eigenvalue weighted by atomic mass is 10.0. The third-order valence-corrected chi connectivity index (χ3v) is 4.44. The van der Waals surface area contributed by atoms with Gasteiger partial charge in [0.05, 0.1) is 28.1 Å². The summed E-state index contributed by atoms with van der Waals surface area (Å²) in [7, 11) is 0. The smallest absolute Gasteiger partial charge is 0.275 e. The van der Waals surface area contributed by atoms with Crippen LogP contribution in [-0.2, 0) is 0 Å². The minimum Gasteiger partial charge on any atom is -0.396 e. The van der Waals surface area contributed by atoms with Crippen LogP contribution >= 0.6 is 0 Å². The molecule has 1 amide bonds. The van der Waals surface area contributed by atoms with Crippen LogP contribution in [-0.4, -0.2) is 10.9 Å². The van der Waals surface area contributed by atoms with E-state index in [-0.39, 0.29) is 5.91 Å². The number of anilines is 2. The Morgan fingerprint density at radius 3 is 2.11 bits per heavy atom. The van der Waals surface area contributed by atoms with Crippen LogP contribution in [0.2, 0.25) is 0 Å². The molecular formula is C22H18N4O. The molecule has 4 aromatic rings. The Hall–Kier alpha value is -3.70. The average molecular weight is 354 g/mol. The summed E-state index contributed by atoms with van der Waals surface area (Å²) in [4.78, 5) is 17.9. The van der Waals surface area contributed by atoms with Crippen molar-refractivity contribution in [2.45, 2.75) is 0 Å². The van der Waals surface area contributed by atoms with Gasteiger partial charge in [-0.3, -0.25) is 4.79 Å². The Balaban J connectivity index is 1.94. The second-order valence-electron chi connectivity index (χ2n) is 6.14. The third kappa shape index (κ3) is 3.01. The first-order valence-corrected chi connectivity index (χ1v) is 8.54. The van der Waals surface area contributed by atoms with Crippen LogP contribution < -0.4 is 16.6 Å². The Kier molecular flexibility index (Phi) is 4.28. The molecule has 0 aliphatic heterocycles. The van der Waals surface area contributed by atoms with E-state index in [1.165, 1.54) is 0 Å². The third-order valence-electron chi connectivity index (χ3n) is 4.44. The summed E-state index contributed by atoms with van der Waals surface area (Å²) in [5.41, 5.74) is 9.79. The number of fused-ring (bicyclic) bond motifs is 1. The molecule has 0 atom stereocenters. The molecule has 0 unspecified atom stereocenters. The van der Waals surface area contributed by atoms with E-state index in [0.717, 1.165) is 10.6 Å². The Bertz CT molecular complexity index is 1110. The molecule has 0 radical (unpaired) electrons. The molecule has 0 saturated heterocycles. The van der Waals surface area contributed by atoms with Gasteiger partial charge >= 0.3 is 0 Å². The van der Waals surface area contributed by atoms with Gasteiger partial charge in [-0.2, -0.15) is 0 Å². The molecule has 132 valence electrons. The van der Waals surface area contributed by atoms with Crippen molar-refractivity contribution >= 4 is 28.2 Å². The molecule has 4 rings (SSSR count). The number of benzene rings is 3. The number of amides is 1. The minimum absolute atomic E-state index is 0.316. The maximum atomic E-state index is 13.3. The summed E-state index contributed by atoms with van der Waals surface area (Å²) in [5, 5.41) is 1.79. The van der Waals surface area contributed by atoms with Crippen LogP contribution in [0, 0.1) is 0 Å². The molecule has 4 N–H and O–H groups in total. The fourth-order valence-corrected chi connectivity index (χ4v) is 3.10. The number of hydrazine groups is 1. The molecule has 3 aromatic carbocycles. The van der Waals surface area contributed by atoms with E-state index in [4.69, 9.17) is 11.6 Å². The van der Waals surface area contributed by atoms with E-state index < -0.39 is 0 Å². The van der Waals surface area contributed by atoms with Crippen molar-refractivity contribution in [2.75, 3.05) is 10.7 Å². The molecular weight excluding hydrogens is 336 g/mol. The standard InChI is InChI=1S/C22H18N4O/c23-20-19(22(27)26(24)16-11-5-2-6-12-16)17-13-7-8-14-18(17)25-21(20)15-9-3-1-4-10-15/h1-14H,23-24H2. The van der Waals surface area contributed by atoms with Crippen molar-refractivity contribution in [3.05, 3.63) is 90.5 Å². The number of rotatable bonds is 3. The van der Waals surface area contributed by atoms with Gasteiger partial charge in [0.15, 0.2) is 0 Å². The van der Waals surface area contributed by atoms with E-state index in [9.17, 15) is 4.79 Å². The molecule has 0 bridgehead atoms. The first kappa shape index (κ1) is 16.8. The number of nitrogen functional groups attached to an aromatic ring is 1. The van der Waals surface area contributed by atoms with Crippen LogP contribution in [0.4, 0.5) is 11.4 Å². The molecule has 0 fully saturated rings.